The molecule has 0 atom stereocenters. The molecule has 2 aromatic heterocycles. The van der Waals surface area contributed by atoms with Gasteiger partial charge in [-0.2, -0.15) is 13.2 Å². The van der Waals surface area contributed by atoms with E-state index in [-0.39, 0.29) is 18.0 Å². The first-order valence-corrected chi connectivity index (χ1v) is 10.7. The lowest BCUT2D eigenvalue weighted by molar-refractivity contribution is -0.137. The van der Waals surface area contributed by atoms with E-state index in [1.807, 2.05) is 37.3 Å². The van der Waals surface area contributed by atoms with Gasteiger partial charge in [0, 0.05) is 41.1 Å². The van der Waals surface area contributed by atoms with Crippen molar-refractivity contribution >= 4 is 36.0 Å². The van der Waals surface area contributed by atoms with Gasteiger partial charge in [0.05, 0.1) is 24.6 Å². The quantitative estimate of drug-likeness (QED) is 0.324. The van der Waals surface area contributed by atoms with Crippen LogP contribution in [0.3, 0.4) is 0 Å². The molecule has 1 aliphatic rings. The normalized spacial score (nSPS) is 13.3. The lowest BCUT2D eigenvalue weighted by Crippen LogP contribution is -2.31. The van der Waals surface area contributed by atoms with E-state index >= 15 is 0 Å². The average Bonchev–Trinajstić information content (AvgIpc) is 2.85. The van der Waals surface area contributed by atoms with Crippen molar-refractivity contribution in [1.29, 1.82) is 0 Å². The zero-order valence-corrected chi connectivity index (χ0v) is 18.7. The van der Waals surface area contributed by atoms with Crippen LogP contribution in [0.25, 0.3) is 22.0 Å². The monoisotopic (exact) mass is 459 g/mol. The largest absolute Gasteiger partial charge is 0.416 e. The minimum Gasteiger partial charge on any atom is -0.280 e. The van der Waals surface area contributed by atoms with Crippen LogP contribution in [0.5, 0.6) is 0 Å². The number of nitrogens with zero attached hydrogens (tertiary/aromatic N) is 3. The molecule has 0 fully saturated rings. The van der Waals surface area contributed by atoms with Crippen molar-refractivity contribution in [3.05, 3.63) is 83.8 Å². The summed E-state index contributed by atoms with van der Waals surface area (Å²) < 4.78 is 40.0. The first-order valence-electron chi connectivity index (χ1n) is 10.7. The Balaban J connectivity index is 0.00000133. The van der Waals surface area contributed by atoms with E-state index in [4.69, 9.17) is 0 Å². The minimum absolute atomic E-state index is 0.195. The van der Waals surface area contributed by atoms with Gasteiger partial charge in [-0.05, 0) is 60.9 Å². The predicted molar refractivity (Wildman–Crippen MR) is 128 cm³/mol. The highest BCUT2D eigenvalue weighted by Crippen LogP contribution is 2.41. The second-order valence-corrected chi connectivity index (χ2v) is 7.83. The molecule has 2 aromatic carbocycles. The molecule has 0 unspecified atom stereocenters. The van der Waals surface area contributed by atoms with E-state index in [2.05, 4.69) is 17.8 Å². The molecule has 1 aliphatic heterocycles. The molecule has 3 heterocycles. The van der Waals surface area contributed by atoms with Crippen LogP contribution in [-0.2, 0) is 17.4 Å². The summed E-state index contributed by atoms with van der Waals surface area (Å²) in [6.45, 7) is 3.41. The Morgan fingerprint density at radius 2 is 1.68 bits per heavy atom. The van der Waals surface area contributed by atoms with E-state index in [9.17, 15) is 18.0 Å². The van der Waals surface area contributed by atoms with E-state index < -0.39 is 11.7 Å². The number of amides is 1. The summed E-state index contributed by atoms with van der Waals surface area (Å²) in [5, 5.41) is 0.714. The summed E-state index contributed by atoms with van der Waals surface area (Å²) in [5.41, 5.74) is 4.18. The number of pyridine rings is 2. The number of aryl methyl sites for hydroxylation is 2. The highest BCUT2D eigenvalue weighted by molar-refractivity contribution is 6.11. The number of carbonyl (C=O) groups excluding carboxylic acids is 1. The van der Waals surface area contributed by atoms with Gasteiger partial charge in [0.2, 0.25) is 5.91 Å². The lowest BCUT2D eigenvalue weighted by atomic mass is 9.96. The molecule has 34 heavy (non-hydrogen) atoms. The Labute approximate surface area is 196 Å². The van der Waals surface area contributed by atoms with Crippen LogP contribution in [0.2, 0.25) is 6.82 Å². The standard InChI is InChI=1S/C25H18F3N3O.CH3B/c1-15-5-6-17(13-29-15)16-7-9-22-21(11-16)24-18(14-30-22)8-10-23(32)31(24)20-4-2-3-19(12-20)25(26,27)28;1-2/h2-7,9,11-14H,8,10H2,1H3;1H3. The van der Waals surface area contributed by atoms with Crippen LogP contribution in [0, 0.1) is 6.92 Å². The average molecular weight is 459 g/mol. The van der Waals surface area contributed by atoms with Crippen molar-refractivity contribution in [3.63, 3.8) is 0 Å². The summed E-state index contributed by atoms with van der Waals surface area (Å²) in [7, 11) is 4.50. The van der Waals surface area contributed by atoms with Gasteiger partial charge >= 0.3 is 6.18 Å². The molecule has 8 heteroatoms. The van der Waals surface area contributed by atoms with Gasteiger partial charge < -0.3 is 0 Å². The summed E-state index contributed by atoms with van der Waals surface area (Å²) in [5.74, 6) is -0.244. The van der Waals surface area contributed by atoms with E-state index in [0.29, 0.717) is 23.0 Å². The number of rotatable bonds is 2. The van der Waals surface area contributed by atoms with E-state index in [0.717, 1.165) is 34.5 Å². The van der Waals surface area contributed by atoms with Gasteiger partial charge in [0.15, 0.2) is 0 Å². The number of benzene rings is 2. The lowest BCUT2D eigenvalue weighted by Gasteiger charge is -2.31. The van der Waals surface area contributed by atoms with Gasteiger partial charge in [-0.15, -0.1) is 0 Å². The van der Waals surface area contributed by atoms with Crippen LogP contribution in [0.15, 0.2) is 67.0 Å². The number of fused-ring (bicyclic) bond motifs is 3. The predicted octanol–water partition coefficient (Wildman–Crippen LogP) is 6.44. The van der Waals surface area contributed by atoms with Crippen molar-refractivity contribution in [2.45, 2.75) is 32.8 Å². The molecule has 2 radical (unpaired) electrons. The van der Waals surface area contributed by atoms with E-state index in [1.165, 1.54) is 23.9 Å². The smallest absolute Gasteiger partial charge is 0.280 e. The van der Waals surface area contributed by atoms with Crippen molar-refractivity contribution in [2.75, 3.05) is 4.90 Å². The summed E-state index contributed by atoms with van der Waals surface area (Å²) in [6.07, 6.45) is -0.322. The zero-order chi connectivity index (χ0) is 24.5. The molecule has 1 amide bonds. The van der Waals surface area contributed by atoms with Crippen LogP contribution in [0.4, 0.5) is 24.5 Å². The van der Waals surface area contributed by atoms with Crippen molar-refractivity contribution in [2.24, 2.45) is 0 Å². The van der Waals surface area contributed by atoms with Gasteiger partial charge in [0.25, 0.3) is 0 Å². The minimum atomic E-state index is -4.50. The topological polar surface area (TPSA) is 46.1 Å². The third kappa shape index (κ3) is 4.40. The SMILES string of the molecule is Cc1ccc(-c2ccc3ncc4c(c3c2)N(c2cccc(C(F)(F)F)c2)C(=O)CC4)cn1.[B]C. The second-order valence-electron chi connectivity index (χ2n) is 7.83. The molecule has 170 valence electrons. The summed E-state index contributed by atoms with van der Waals surface area (Å²) >= 11 is 0. The van der Waals surface area contributed by atoms with Crippen LogP contribution < -0.4 is 4.90 Å². The van der Waals surface area contributed by atoms with Crippen molar-refractivity contribution < 1.29 is 18.0 Å². The Morgan fingerprint density at radius 3 is 2.38 bits per heavy atom. The Bertz CT molecular complexity index is 1350. The highest BCUT2D eigenvalue weighted by atomic mass is 19.4. The number of carbonyl (C=O) groups is 1. The van der Waals surface area contributed by atoms with Gasteiger partial charge in [-0.25, -0.2) is 0 Å². The van der Waals surface area contributed by atoms with E-state index in [1.54, 1.807) is 12.4 Å². The van der Waals surface area contributed by atoms with Crippen LogP contribution in [0.1, 0.15) is 23.2 Å². The fourth-order valence-electron chi connectivity index (χ4n) is 4.06. The molecule has 4 aromatic rings. The number of anilines is 2. The Morgan fingerprint density at radius 1 is 0.912 bits per heavy atom. The third-order valence-corrected chi connectivity index (χ3v) is 5.67. The number of hydrogen-bond donors (Lipinski definition) is 0. The first kappa shape index (κ1) is 23.5. The maximum atomic E-state index is 13.3. The van der Waals surface area contributed by atoms with Crippen LogP contribution >= 0.6 is 0 Å². The molecule has 0 N–H and O–H groups in total. The molecule has 0 spiro atoms. The van der Waals surface area contributed by atoms with Crippen molar-refractivity contribution in [3.8, 4) is 11.1 Å². The van der Waals surface area contributed by atoms with Crippen molar-refractivity contribution in [1.82, 2.24) is 9.97 Å². The Kier molecular flexibility index (Phi) is 6.42. The molecular formula is C26H21BF3N3O. The molecule has 0 saturated carbocycles. The second kappa shape index (κ2) is 9.29. The maximum Gasteiger partial charge on any atom is 0.416 e. The van der Waals surface area contributed by atoms with Gasteiger partial charge in [-0.3, -0.25) is 19.7 Å². The number of hydrogen-bond acceptors (Lipinski definition) is 3. The fourth-order valence-corrected chi connectivity index (χ4v) is 4.06. The molecule has 4 nitrogen and oxygen atoms in total. The summed E-state index contributed by atoms with van der Waals surface area (Å²) in [4.78, 5) is 23.2. The fraction of sp³-hybridized carbons (Fsp3) is 0.192. The molecule has 0 bridgehead atoms. The van der Waals surface area contributed by atoms with Crippen LogP contribution in [-0.4, -0.2) is 23.7 Å². The Hall–Kier alpha value is -3.68. The highest BCUT2D eigenvalue weighted by Gasteiger charge is 2.33. The molecule has 0 aliphatic carbocycles. The zero-order valence-electron chi connectivity index (χ0n) is 18.7. The number of halogens is 3. The molecule has 5 rings (SSSR count). The maximum absolute atomic E-state index is 13.3. The number of alkyl halides is 3. The third-order valence-electron chi connectivity index (χ3n) is 5.67. The number of aromatic nitrogens is 2. The first-order chi connectivity index (χ1) is 16.3. The molecular weight excluding hydrogens is 438 g/mol. The summed E-state index contributed by atoms with van der Waals surface area (Å²) in [6, 6.07) is 14.5. The van der Waals surface area contributed by atoms with Gasteiger partial charge in [0.1, 0.15) is 0 Å². The van der Waals surface area contributed by atoms with Gasteiger partial charge in [-0.1, -0.05) is 25.0 Å². The molecule has 0 saturated heterocycles.